The zero-order valence-corrected chi connectivity index (χ0v) is 65.2. The van der Waals surface area contributed by atoms with Crippen LogP contribution in [0.2, 0.25) is 0 Å². The number of allylic oxidation sites excluding steroid dienone is 12. The van der Waals surface area contributed by atoms with Crippen LogP contribution in [0.1, 0.15) is 438 Å². The molecule has 0 spiro atoms. The van der Waals surface area contributed by atoms with Crippen molar-refractivity contribution in [3.63, 3.8) is 0 Å². The zero-order valence-electron chi connectivity index (χ0n) is 64.3. The van der Waals surface area contributed by atoms with Gasteiger partial charge in [-0.2, -0.15) is 0 Å². The van der Waals surface area contributed by atoms with Crippen LogP contribution in [0.3, 0.4) is 0 Å². The van der Waals surface area contributed by atoms with Gasteiger partial charge in [0.1, 0.15) is 6.61 Å². The SMILES string of the molecule is CC/C=C\C/C=C\C/C=C\C/C=C\C/C=C\CCCCCCCCCCCCCCCCCCCCCCCC(=O)OC(COC(=O)CCCCCCCCCCCCCCCCCCCCCCCCCCCCC/C=C\CCCCCCCCCC)COP(=O)(O)OCCN. The van der Waals surface area contributed by atoms with Crippen LogP contribution in [-0.2, 0) is 32.7 Å². The highest BCUT2D eigenvalue weighted by Crippen LogP contribution is 2.43. The number of nitrogens with two attached hydrogens (primary N) is 1. The Labute approximate surface area is 602 Å². The summed E-state index contributed by atoms with van der Waals surface area (Å²) in [6.45, 7) is 3.71. The predicted octanol–water partition coefficient (Wildman–Crippen LogP) is 28.7. The highest BCUT2D eigenvalue weighted by molar-refractivity contribution is 7.47. The third kappa shape index (κ3) is 82.3. The van der Waals surface area contributed by atoms with Crippen LogP contribution < -0.4 is 5.73 Å². The van der Waals surface area contributed by atoms with E-state index >= 15 is 0 Å². The fourth-order valence-corrected chi connectivity index (χ4v) is 13.6. The molecule has 9 nitrogen and oxygen atoms in total. The molecule has 97 heavy (non-hydrogen) atoms. The van der Waals surface area contributed by atoms with E-state index in [2.05, 4.69) is 86.8 Å². The van der Waals surface area contributed by atoms with Gasteiger partial charge in [0.15, 0.2) is 6.10 Å². The molecular formula is C87H162NO8P. The first-order chi connectivity index (χ1) is 47.8. The van der Waals surface area contributed by atoms with E-state index in [0.717, 1.165) is 64.2 Å². The third-order valence-electron chi connectivity index (χ3n) is 19.1. The number of ether oxygens (including phenoxy) is 2. The summed E-state index contributed by atoms with van der Waals surface area (Å²) in [7, 11) is -4.40. The van der Waals surface area contributed by atoms with Crippen LogP contribution in [0.4, 0.5) is 0 Å². The summed E-state index contributed by atoms with van der Waals surface area (Å²) in [6, 6.07) is 0. The van der Waals surface area contributed by atoms with Crippen molar-refractivity contribution in [1.82, 2.24) is 0 Å². The topological polar surface area (TPSA) is 134 Å². The van der Waals surface area contributed by atoms with Crippen LogP contribution >= 0.6 is 7.82 Å². The molecule has 0 aromatic heterocycles. The van der Waals surface area contributed by atoms with Crippen LogP contribution in [0.5, 0.6) is 0 Å². The van der Waals surface area contributed by atoms with E-state index in [1.165, 1.54) is 340 Å². The Balaban J connectivity index is 3.73. The lowest BCUT2D eigenvalue weighted by Crippen LogP contribution is -2.29. The summed E-state index contributed by atoms with van der Waals surface area (Å²) < 4.78 is 33.3. The summed E-state index contributed by atoms with van der Waals surface area (Å²) in [5.74, 6) is -0.803. The second kappa shape index (κ2) is 82.4. The Morgan fingerprint density at radius 2 is 0.567 bits per heavy atom. The van der Waals surface area contributed by atoms with E-state index in [4.69, 9.17) is 24.3 Å². The van der Waals surface area contributed by atoms with Crippen LogP contribution in [0.15, 0.2) is 72.9 Å². The lowest BCUT2D eigenvalue weighted by Gasteiger charge is -2.19. The van der Waals surface area contributed by atoms with Gasteiger partial charge in [-0.1, -0.05) is 414 Å². The summed E-state index contributed by atoms with van der Waals surface area (Å²) in [5, 5.41) is 0. The minimum absolute atomic E-state index is 0.0551. The summed E-state index contributed by atoms with van der Waals surface area (Å²) >= 11 is 0. The Morgan fingerprint density at radius 3 is 0.856 bits per heavy atom. The molecule has 0 aliphatic heterocycles. The Hall–Kier alpha value is -2.55. The van der Waals surface area contributed by atoms with Gasteiger partial charge in [-0.15, -0.1) is 0 Å². The van der Waals surface area contributed by atoms with Crippen molar-refractivity contribution >= 4 is 19.8 Å². The standard InChI is InChI=1S/C87H162NO8P/c1-3-5-7-9-11-13-15-17-19-21-23-25-27-29-31-33-35-37-39-41-42-44-45-47-49-51-53-55-57-59-61-63-65-67-69-71-73-75-77-79-86(89)93-83-85(84-95-97(91,92)94-82-81-88)96-87(90)80-78-76-74-72-70-68-66-64-62-60-58-56-54-52-50-48-46-43-40-38-36-34-32-30-28-26-24-22-20-18-16-14-12-10-8-6-4-2/h6,8,12,14,18,20-21,23-24,26,30,32,85H,3-5,7,9-11,13,15-17,19,22,25,27-29,31,33-84,88H2,1-2H3,(H,91,92)/b8-6-,14-12-,20-18-,23-21-,26-24-,32-30-. The molecule has 10 heteroatoms. The average Bonchev–Trinajstić information content (AvgIpc) is 2.17. The van der Waals surface area contributed by atoms with Gasteiger partial charge in [0.05, 0.1) is 13.2 Å². The molecule has 0 aromatic carbocycles. The van der Waals surface area contributed by atoms with E-state index in [0.29, 0.717) is 6.42 Å². The van der Waals surface area contributed by atoms with Gasteiger partial charge in [0.2, 0.25) is 0 Å². The normalized spacial score (nSPS) is 13.2. The number of unbranched alkanes of at least 4 members (excludes halogenated alkanes) is 56. The van der Waals surface area contributed by atoms with Crippen molar-refractivity contribution in [2.24, 2.45) is 5.73 Å². The summed E-state index contributed by atoms with van der Waals surface area (Å²) in [4.78, 5) is 35.5. The fourth-order valence-electron chi connectivity index (χ4n) is 12.8. The number of carbonyl (C=O) groups is 2. The third-order valence-corrected chi connectivity index (χ3v) is 20.1. The predicted molar refractivity (Wildman–Crippen MR) is 423 cm³/mol. The molecule has 2 unspecified atom stereocenters. The van der Waals surface area contributed by atoms with Crippen LogP contribution in [-0.4, -0.2) is 49.3 Å². The molecule has 0 saturated heterocycles. The highest BCUT2D eigenvalue weighted by Gasteiger charge is 2.26. The largest absolute Gasteiger partial charge is 0.472 e. The molecule has 0 saturated carbocycles. The van der Waals surface area contributed by atoms with E-state index in [1.807, 2.05) is 0 Å². The molecule has 0 fully saturated rings. The van der Waals surface area contributed by atoms with Gasteiger partial charge in [-0.25, -0.2) is 4.57 Å². The lowest BCUT2D eigenvalue weighted by molar-refractivity contribution is -0.161. The Morgan fingerprint density at radius 1 is 0.320 bits per heavy atom. The second-order valence-electron chi connectivity index (χ2n) is 28.7. The van der Waals surface area contributed by atoms with E-state index in [1.54, 1.807) is 0 Å². The first-order valence-electron chi connectivity index (χ1n) is 42.4. The van der Waals surface area contributed by atoms with E-state index in [9.17, 15) is 19.0 Å². The van der Waals surface area contributed by atoms with Gasteiger partial charge >= 0.3 is 19.8 Å². The molecule has 3 N–H and O–H groups in total. The molecule has 2 atom stereocenters. The maximum atomic E-state index is 12.8. The van der Waals surface area contributed by atoms with Crippen molar-refractivity contribution in [2.45, 2.75) is 444 Å². The highest BCUT2D eigenvalue weighted by atomic mass is 31.2. The molecule has 0 heterocycles. The number of phosphoric acid groups is 1. The second-order valence-corrected chi connectivity index (χ2v) is 30.1. The average molecular weight is 1380 g/mol. The molecular weight excluding hydrogens is 1220 g/mol. The molecule has 0 radical (unpaired) electrons. The number of hydrogen-bond donors (Lipinski definition) is 2. The number of phosphoric ester groups is 1. The lowest BCUT2D eigenvalue weighted by atomic mass is 10.0. The Kier molecular flexibility index (Phi) is 80.2. The Bertz CT molecular complexity index is 1830. The minimum atomic E-state index is -4.40. The molecule has 0 rings (SSSR count). The first-order valence-corrected chi connectivity index (χ1v) is 43.9. The molecule has 0 bridgehead atoms. The van der Waals surface area contributed by atoms with Crippen molar-refractivity contribution in [3.8, 4) is 0 Å². The van der Waals surface area contributed by atoms with E-state index < -0.39 is 26.5 Å². The van der Waals surface area contributed by atoms with Crippen molar-refractivity contribution in [1.29, 1.82) is 0 Å². The van der Waals surface area contributed by atoms with Gasteiger partial charge < -0.3 is 20.1 Å². The molecule has 568 valence electrons. The molecule has 0 amide bonds. The number of rotatable bonds is 81. The van der Waals surface area contributed by atoms with Gasteiger partial charge in [0.25, 0.3) is 0 Å². The number of esters is 2. The summed E-state index contributed by atoms with van der Waals surface area (Å²) in [6.07, 6.45) is 111. The number of hydrogen-bond acceptors (Lipinski definition) is 8. The fraction of sp³-hybridized carbons (Fsp3) is 0.839. The van der Waals surface area contributed by atoms with Crippen molar-refractivity contribution < 1.29 is 37.6 Å². The van der Waals surface area contributed by atoms with Crippen LogP contribution in [0.25, 0.3) is 0 Å². The minimum Gasteiger partial charge on any atom is -0.462 e. The van der Waals surface area contributed by atoms with Crippen molar-refractivity contribution in [2.75, 3.05) is 26.4 Å². The van der Waals surface area contributed by atoms with Gasteiger partial charge in [-0.05, 0) is 83.5 Å². The first kappa shape index (κ1) is 94.5. The number of carbonyl (C=O) groups excluding carboxylic acids is 2. The maximum Gasteiger partial charge on any atom is 0.472 e. The summed E-state index contributed by atoms with van der Waals surface area (Å²) in [5.41, 5.74) is 5.42. The van der Waals surface area contributed by atoms with Crippen LogP contribution in [0, 0.1) is 0 Å². The maximum absolute atomic E-state index is 12.8. The van der Waals surface area contributed by atoms with Gasteiger partial charge in [0, 0.05) is 19.4 Å². The molecule has 0 aliphatic rings. The molecule has 0 aromatic rings. The zero-order chi connectivity index (χ0) is 70.0. The molecule has 0 aliphatic carbocycles. The van der Waals surface area contributed by atoms with Crippen molar-refractivity contribution in [3.05, 3.63) is 72.9 Å². The van der Waals surface area contributed by atoms with E-state index in [-0.39, 0.29) is 38.6 Å². The monoisotopic (exact) mass is 1380 g/mol. The van der Waals surface area contributed by atoms with Gasteiger partial charge in [-0.3, -0.25) is 18.6 Å². The quantitative estimate of drug-likeness (QED) is 0.0264. The smallest absolute Gasteiger partial charge is 0.462 e.